The smallest absolute Gasteiger partial charge is 0.393 e. The summed E-state index contributed by atoms with van der Waals surface area (Å²) in [6, 6.07) is 8.10. The van der Waals surface area contributed by atoms with Crippen molar-refractivity contribution in [1.29, 1.82) is 0 Å². The van der Waals surface area contributed by atoms with Crippen molar-refractivity contribution in [2.24, 2.45) is 0 Å². The molecule has 2 aliphatic rings. The fourth-order valence-electron chi connectivity index (χ4n) is 5.78. The van der Waals surface area contributed by atoms with Gasteiger partial charge in [0.25, 0.3) is 0 Å². The lowest BCUT2D eigenvalue weighted by atomic mass is 10.0. The predicted octanol–water partition coefficient (Wildman–Crippen LogP) is 6.01. The van der Waals surface area contributed by atoms with Crippen LogP contribution < -0.4 is 20.3 Å². The van der Waals surface area contributed by atoms with Gasteiger partial charge < -0.3 is 35.0 Å². The number of nitrogens with zero attached hydrogens (tertiary/aromatic N) is 2. The molecule has 5 rings (SSSR count). The number of alkyl halides is 4. The molecule has 0 saturated carbocycles. The summed E-state index contributed by atoms with van der Waals surface area (Å²) in [5.74, 6) is 5.34. The summed E-state index contributed by atoms with van der Waals surface area (Å²) < 4.78 is 80.3. The first-order valence-corrected chi connectivity index (χ1v) is 15.8. The van der Waals surface area contributed by atoms with Crippen molar-refractivity contribution in [2.75, 3.05) is 74.9 Å². The van der Waals surface area contributed by atoms with Gasteiger partial charge in [0.1, 0.15) is 11.6 Å². The number of β-amino-alcohol motifs (C(OH)–C–C–N with tert-alkyl or cyclic N) is 1. The Balaban J connectivity index is 1.34. The molecular formula is C32H37F5N4O3S. The normalized spacial score (nSPS) is 17.2. The van der Waals surface area contributed by atoms with Crippen LogP contribution in [-0.4, -0.2) is 87.7 Å². The van der Waals surface area contributed by atoms with Crippen molar-refractivity contribution in [3.8, 4) is 17.6 Å². The monoisotopic (exact) mass is 652 g/mol. The standard InChI is InChI=1S/C32H37F5N4O3S/c1-21(42)19-40-10-7-22(8-11-40)39-26-5-2-4-23-24(18-32(35,36)37)30(45-31(23)26)6-3-9-38-27-16-25(34)28(17-29(27)44-20-33)41-12-14-43-15-13-41/h2,4-5,16-17,21-22,38-39,42H,7-15,18-20H2,1H3. The van der Waals surface area contributed by atoms with Crippen LogP contribution in [0.2, 0.25) is 0 Å². The van der Waals surface area contributed by atoms with Crippen molar-refractivity contribution < 1.29 is 36.5 Å². The minimum absolute atomic E-state index is 0.0329. The third-order valence-corrected chi connectivity index (χ3v) is 9.04. The largest absolute Gasteiger partial charge is 0.461 e. The number of ether oxygens (including phenoxy) is 2. The van der Waals surface area contributed by atoms with Gasteiger partial charge in [-0.3, -0.25) is 0 Å². The summed E-state index contributed by atoms with van der Waals surface area (Å²) in [7, 11) is 0. The maximum Gasteiger partial charge on any atom is 0.393 e. The molecule has 1 atom stereocenters. The molecule has 2 saturated heterocycles. The Morgan fingerprint density at radius 2 is 1.89 bits per heavy atom. The van der Waals surface area contributed by atoms with Gasteiger partial charge in [-0.1, -0.05) is 24.0 Å². The summed E-state index contributed by atoms with van der Waals surface area (Å²) in [5, 5.41) is 16.6. The van der Waals surface area contributed by atoms with E-state index in [4.69, 9.17) is 9.47 Å². The Hall–Kier alpha value is -3.31. The van der Waals surface area contributed by atoms with Gasteiger partial charge in [-0.2, -0.15) is 13.2 Å². The molecule has 3 N–H and O–H groups in total. The van der Waals surface area contributed by atoms with Gasteiger partial charge >= 0.3 is 6.18 Å². The van der Waals surface area contributed by atoms with Gasteiger partial charge in [-0.15, -0.1) is 11.3 Å². The highest BCUT2D eigenvalue weighted by molar-refractivity contribution is 7.20. The van der Waals surface area contributed by atoms with Crippen molar-refractivity contribution >= 4 is 38.5 Å². The molecule has 0 bridgehead atoms. The molecular weight excluding hydrogens is 615 g/mol. The summed E-state index contributed by atoms with van der Waals surface area (Å²) in [4.78, 5) is 4.30. The minimum atomic E-state index is -4.43. The number of hydrogen-bond acceptors (Lipinski definition) is 8. The lowest BCUT2D eigenvalue weighted by Gasteiger charge is -2.33. The molecule has 244 valence electrons. The van der Waals surface area contributed by atoms with Gasteiger partial charge in [-0.25, -0.2) is 8.78 Å². The molecule has 0 spiro atoms. The molecule has 7 nitrogen and oxygen atoms in total. The molecule has 2 aliphatic heterocycles. The number of aliphatic hydroxyl groups is 1. The number of benzene rings is 2. The van der Waals surface area contributed by atoms with Gasteiger partial charge in [-0.05, 0) is 36.8 Å². The van der Waals surface area contributed by atoms with E-state index in [0.29, 0.717) is 47.8 Å². The second kappa shape index (κ2) is 14.9. The maximum atomic E-state index is 15.0. The molecule has 0 radical (unpaired) electrons. The lowest BCUT2D eigenvalue weighted by Crippen LogP contribution is -2.41. The van der Waals surface area contributed by atoms with E-state index < -0.39 is 31.4 Å². The van der Waals surface area contributed by atoms with Crippen LogP contribution in [0.4, 0.5) is 39.0 Å². The van der Waals surface area contributed by atoms with Crippen LogP contribution >= 0.6 is 11.3 Å². The first-order valence-electron chi connectivity index (χ1n) is 15.0. The average Bonchev–Trinajstić information content (AvgIpc) is 3.34. The van der Waals surface area contributed by atoms with Crippen LogP contribution in [0.25, 0.3) is 10.1 Å². The Labute approximate surface area is 263 Å². The molecule has 2 aromatic carbocycles. The molecule has 45 heavy (non-hydrogen) atoms. The number of piperidine rings is 1. The first kappa shape index (κ1) is 33.1. The zero-order valence-electron chi connectivity index (χ0n) is 25.0. The van der Waals surface area contributed by atoms with E-state index in [-0.39, 0.29) is 35.3 Å². The molecule has 13 heteroatoms. The van der Waals surface area contributed by atoms with Crippen LogP contribution in [0.15, 0.2) is 30.3 Å². The van der Waals surface area contributed by atoms with Gasteiger partial charge in [0, 0.05) is 50.9 Å². The number of morpholine rings is 1. The average molecular weight is 653 g/mol. The van der Waals surface area contributed by atoms with E-state index in [1.807, 2.05) is 6.07 Å². The van der Waals surface area contributed by atoms with E-state index >= 15 is 4.39 Å². The van der Waals surface area contributed by atoms with Crippen molar-refractivity contribution in [2.45, 2.75) is 44.5 Å². The van der Waals surface area contributed by atoms with Crippen LogP contribution in [0.5, 0.6) is 5.75 Å². The molecule has 2 fully saturated rings. The Bertz CT molecular complexity index is 1510. The summed E-state index contributed by atoms with van der Waals surface area (Å²) in [5.41, 5.74) is 1.35. The second-order valence-corrected chi connectivity index (χ2v) is 12.3. The molecule has 1 unspecified atom stereocenters. The number of anilines is 3. The van der Waals surface area contributed by atoms with Crippen LogP contribution in [0.1, 0.15) is 30.2 Å². The molecule has 3 aromatic rings. The lowest BCUT2D eigenvalue weighted by molar-refractivity contribution is -0.126. The number of hydrogen-bond donors (Lipinski definition) is 3. The minimum Gasteiger partial charge on any atom is -0.461 e. The third-order valence-electron chi connectivity index (χ3n) is 7.85. The first-order chi connectivity index (χ1) is 21.6. The predicted molar refractivity (Wildman–Crippen MR) is 168 cm³/mol. The molecule has 0 amide bonds. The van der Waals surface area contributed by atoms with Crippen LogP contribution in [0.3, 0.4) is 0 Å². The Morgan fingerprint density at radius 3 is 2.58 bits per heavy atom. The number of rotatable bonds is 10. The van der Waals surface area contributed by atoms with Crippen LogP contribution in [0, 0.1) is 17.7 Å². The SMILES string of the molecule is CC(O)CN1CCC(Nc2cccc3c(CC(F)(F)F)c(C#CCNc4cc(F)c(N5CCOCC5)cc4OCF)sc23)CC1. The van der Waals surface area contributed by atoms with Crippen LogP contribution in [-0.2, 0) is 11.2 Å². The molecule has 1 aromatic heterocycles. The Morgan fingerprint density at radius 1 is 1.13 bits per heavy atom. The van der Waals surface area contributed by atoms with E-state index in [0.717, 1.165) is 31.6 Å². The quantitative estimate of drug-likeness (QED) is 0.183. The van der Waals surface area contributed by atoms with Crippen molar-refractivity contribution in [1.82, 2.24) is 4.90 Å². The number of nitrogens with one attached hydrogen (secondary N) is 2. The van der Waals surface area contributed by atoms with E-state index in [2.05, 4.69) is 27.4 Å². The van der Waals surface area contributed by atoms with E-state index in [1.54, 1.807) is 24.0 Å². The fourth-order valence-corrected chi connectivity index (χ4v) is 6.95. The summed E-state index contributed by atoms with van der Waals surface area (Å²) in [6.45, 7) is 4.74. The number of fused-ring (bicyclic) bond motifs is 1. The number of thiophene rings is 1. The second-order valence-electron chi connectivity index (χ2n) is 11.3. The van der Waals surface area contributed by atoms with Gasteiger partial charge in [0.2, 0.25) is 6.86 Å². The van der Waals surface area contributed by atoms with Crippen molar-refractivity contribution in [3.05, 3.63) is 46.6 Å². The number of halogens is 5. The fraction of sp³-hybridized carbons (Fsp3) is 0.500. The number of aliphatic hydroxyl groups excluding tert-OH is 1. The maximum absolute atomic E-state index is 15.0. The summed E-state index contributed by atoms with van der Waals surface area (Å²) in [6.07, 6.45) is -4.24. The molecule has 0 aliphatic carbocycles. The Kier molecular flexibility index (Phi) is 10.9. The topological polar surface area (TPSA) is 69.2 Å². The third kappa shape index (κ3) is 8.70. The van der Waals surface area contributed by atoms with E-state index in [1.165, 1.54) is 23.5 Å². The summed E-state index contributed by atoms with van der Waals surface area (Å²) >= 11 is 1.21. The zero-order valence-corrected chi connectivity index (χ0v) is 25.8. The van der Waals surface area contributed by atoms with Gasteiger partial charge in [0.05, 0.1) is 58.9 Å². The highest BCUT2D eigenvalue weighted by Crippen LogP contribution is 2.40. The highest BCUT2D eigenvalue weighted by Gasteiger charge is 2.31. The molecule has 3 heterocycles. The highest BCUT2D eigenvalue weighted by atomic mass is 32.1. The van der Waals surface area contributed by atoms with Crippen molar-refractivity contribution in [3.63, 3.8) is 0 Å². The van der Waals surface area contributed by atoms with Gasteiger partial charge in [0.15, 0.2) is 0 Å². The number of likely N-dealkylation sites (tertiary alicyclic amines) is 1. The zero-order chi connectivity index (χ0) is 32.0. The van der Waals surface area contributed by atoms with E-state index in [9.17, 15) is 22.7 Å².